The third kappa shape index (κ3) is 2.45. The van der Waals surface area contributed by atoms with E-state index in [0.717, 1.165) is 22.6 Å². The number of hydrogen-bond donors (Lipinski definition) is 1. The zero-order chi connectivity index (χ0) is 12.3. The van der Waals surface area contributed by atoms with Crippen LogP contribution in [-0.4, -0.2) is 22.7 Å². The molecule has 0 amide bonds. The number of thiazole rings is 1. The Labute approximate surface area is 103 Å². The molecule has 0 atom stereocenters. The molecule has 2 aromatic rings. The topological polar surface area (TPSA) is 59.4 Å². The van der Waals surface area contributed by atoms with E-state index < -0.39 is 5.97 Å². The van der Waals surface area contributed by atoms with Crippen molar-refractivity contribution in [2.24, 2.45) is 0 Å². The molecule has 5 heteroatoms. The fourth-order valence-corrected chi connectivity index (χ4v) is 2.11. The van der Waals surface area contributed by atoms with E-state index in [1.165, 1.54) is 0 Å². The average molecular weight is 249 g/mol. The summed E-state index contributed by atoms with van der Waals surface area (Å²) in [6.07, 6.45) is 0. The number of aromatic carboxylic acids is 1. The number of carbonyl (C=O) groups is 1. The first kappa shape index (κ1) is 11.6. The molecule has 1 N–H and O–H groups in total. The van der Waals surface area contributed by atoms with Crippen LogP contribution in [0.1, 0.15) is 16.7 Å². The highest BCUT2D eigenvalue weighted by Crippen LogP contribution is 2.30. The molecule has 0 aliphatic rings. The standard InChI is InChI=1S/C12H11NO3S/c1-2-16-10-6-4-3-5-8(10)9-7-17-11(13-9)12(14)15/h3-7H,2H2,1H3,(H,14,15). The van der Waals surface area contributed by atoms with E-state index in [0.29, 0.717) is 12.3 Å². The van der Waals surface area contributed by atoms with Crippen molar-refractivity contribution >= 4 is 17.3 Å². The first-order valence-corrected chi connectivity index (χ1v) is 6.01. The molecule has 17 heavy (non-hydrogen) atoms. The number of rotatable bonds is 4. The van der Waals surface area contributed by atoms with Gasteiger partial charge >= 0.3 is 5.97 Å². The monoisotopic (exact) mass is 249 g/mol. The van der Waals surface area contributed by atoms with Crippen LogP contribution in [0.15, 0.2) is 29.6 Å². The van der Waals surface area contributed by atoms with Gasteiger partial charge in [-0.15, -0.1) is 11.3 Å². The molecule has 0 saturated carbocycles. The fourth-order valence-electron chi connectivity index (χ4n) is 1.46. The van der Waals surface area contributed by atoms with Crippen molar-refractivity contribution in [3.8, 4) is 17.0 Å². The Morgan fingerprint density at radius 1 is 1.47 bits per heavy atom. The molecule has 88 valence electrons. The Morgan fingerprint density at radius 3 is 2.88 bits per heavy atom. The molecule has 0 saturated heterocycles. The van der Waals surface area contributed by atoms with E-state index in [1.54, 1.807) is 5.38 Å². The quantitative estimate of drug-likeness (QED) is 0.905. The van der Waals surface area contributed by atoms with Crippen LogP contribution < -0.4 is 4.74 Å². The van der Waals surface area contributed by atoms with Gasteiger partial charge in [-0.3, -0.25) is 0 Å². The first-order valence-electron chi connectivity index (χ1n) is 5.13. The lowest BCUT2D eigenvalue weighted by atomic mass is 10.1. The molecule has 4 nitrogen and oxygen atoms in total. The van der Waals surface area contributed by atoms with Gasteiger partial charge < -0.3 is 9.84 Å². The van der Waals surface area contributed by atoms with Crippen LogP contribution in [0.3, 0.4) is 0 Å². The van der Waals surface area contributed by atoms with Crippen molar-refractivity contribution in [2.45, 2.75) is 6.92 Å². The van der Waals surface area contributed by atoms with Crippen molar-refractivity contribution in [1.29, 1.82) is 0 Å². The highest BCUT2D eigenvalue weighted by Gasteiger charge is 2.13. The van der Waals surface area contributed by atoms with Crippen molar-refractivity contribution in [1.82, 2.24) is 4.98 Å². The molecule has 0 aliphatic carbocycles. The van der Waals surface area contributed by atoms with Crippen LogP contribution in [0.5, 0.6) is 5.75 Å². The Balaban J connectivity index is 2.41. The van der Waals surface area contributed by atoms with Crippen LogP contribution in [0.25, 0.3) is 11.3 Å². The Hall–Kier alpha value is -1.88. The zero-order valence-corrected chi connectivity index (χ0v) is 10.0. The van der Waals surface area contributed by atoms with Gasteiger partial charge in [-0.1, -0.05) is 12.1 Å². The van der Waals surface area contributed by atoms with Gasteiger partial charge in [0.25, 0.3) is 0 Å². The predicted molar refractivity (Wildman–Crippen MR) is 65.7 cm³/mol. The molecular formula is C12H11NO3S. The van der Waals surface area contributed by atoms with E-state index >= 15 is 0 Å². The maximum absolute atomic E-state index is 10.8. The Kier molecular flexibility index (Phi) is 3.39. The SMILES string of the molecule is CCOc1ccccc1-c1csc(C(=O)O)n1. The molecule has 0 bridgehead atoms. The molecule has 0 fully saturated rings. The van der Waals surface area contributed by atoms with Crippen LogP contribution in [0, 0.1) is 0 Å². The molecule has 0 spiro atoms. The lowest BCUT2D eigenvalue weighted by Crippen LogP contribution is -1.96. The number of aromatic nitrogens is 1. The number of para-hydroxylation sites is 1. The number of nitrogens with zero attached hydrogens (tertiary/aromatic N) is 1. The molecule has 1 heterocycles. The second-order valence-electron chi connectivity index (χ2n) is 3.27. The van der Waals surface area contributed by atoms with Crippen molar-refractivity contribution < 1.29 is 14.6 Å². The third-order valence-corrected chi connectivity index (χ3v) is 2.98. The lowest BCUT2D eigenvalue weighted by Gasteiger charge is -2.07. The minimum Gasteiger partial charge on any atom is -0.493 e. The van der Waals surface area contributed by atoms with Crippen LogP contribution >= 0.6 is 11.3 Å². The van der Waals surface area contributed by atoms with E-state index in [-0.39, 0.29) is 5.01 Å². The number of benzene rings is 1. The fraction of sp³-hybridized carbons (Fsp3) is 0.167. The van der Waals surface area contributed by atoms with Crippen LogP contribution in [-0.2, 0) is 0 Å². The van der Waals surface area contributed by atoms with Gasteiger partial charge in [-0.25, -0.2) is 9.78 Å². The predicted octanol–water partition coefficient (Wildman–Crippen LogP) is 2.91. The second kappa shape index (κ2) is 4.97. The van der Waals surface area contributed by atoms with Gasteiger partial charge in [0.15, 0.2) is 0 Å². The van der Waals surface area contributed by atoms with Crippen molar-refractivity contribution in [2.75, 3.05) is 6.61 Å². The van der Waals surface area contributed by atoms with Gasteiger partial charge in [0.1, 0.15) is 5.75 Å². The van der Waals surface area contributed by atoms with Gasteiger partial charge in [-0.2, -0.15) is 0 Å². The summed E-state index contributed by atoms with van der Waals surface area (Å²) in [6, 6.07) is 7.46. The van der Waals surface area contributed by atoms with Crippen LogP contribution in [0.4, 0.5) is 0 Å². The van der Waals surface area contributed by atoms with Gasteiger partial charge in [0.2, 0.25) is 5.01 Å². The summed E-state index contributed by atoms with van der Waals surface area (Å²) in [6.45, 7) is 2.47. The smallest absolute Gasteiger partial charge is 0.365 e. The first-order chi connectivity index (χ1) is 8.22. The highest BCUT2D eigenvalue weighted by atomic mass is 32.1. The van der Waals surface area contributed by atoms with E-state index in [1.807, 2.05) is 31.2 Å². The summed E-state index contributed by atoms with van der Waals surface area (Å²) in [5.74, 6) is -0.285. The average Bonchev–Trinajstić information content (AvgIpc) is 2.79. The molecule has 0 unspecified atom stereocenters. The van der Waals surface area contributed by atoms with Crippen LogP contribution in [0.2, 0.25) is 0 Å². The molecule has 2 rings (SSSR count). The summed E-state index contributed by atoms with van der Waals surface area (Å²) >= 11 is 1.11. The number of carboxylic acid groups (broad SMARTS) is 1. The molecule has 1 aromatic carbocycles. The van der Waals surface area contributed by atoms with Crippen molar-refractivity contribution in [3.63, 3.8) is 0 Å². The summed E-state index contributed by atoms with van der Waals surface area (Å²) in [7, 11) is 0. The molecule has 0 radical (unpaired) electrons. The maximum Gasteiger partial charge on any atom is 0.365 e. The van der Waals surface area contributed by atoms with Crippen molar-refractivity contribution in [3.05, 3.63) is 34.7 Å². The largest absolute Gasteiger partial charge is 0.493 e. The second-order valence-corrected chi connectivity index (χ2v) is 4.13. The lowest BCUT2D eigenvalue weighted by molar-refractivity contribution is 0.0696. The highest BCUT2D eigenvalue weighted by molar-refractivity contribution is 7.11. The van der Waals surface area contributed by atoms with E-state index in [4.69, 9.17) is 9.84 Å². The number of carboxylic acids is 1. The molecule has 1 aromatic heterocycles. The Bertz CT molecular complexity index is 536. The zero-order valence-electron chi connectivity index (χ0n) is 9.21. The van der Waals surface area contributed by atoms with E-state index in [9.17, 15) is 4.79 Å². The number of ether oxygens (including phenoxy) is 1. The third-order valence-electron chi connectivity index (χ3n) is 2.15. The van der Waals surface area contributed by atoms with Gasteiger partial charge in [-0.05, 0) is 19.1 Å². The van der Waals surface area contributed by atoms with Gasteiger partial charge in [0.05, 0.1) is 12.3 Å². The normalized spacial score (nSPS) is 10.2. The minimum atomic E-state index is -1.00. The van der Waals surface area contributed by atoms with Gasteiger partial charge in [0, 0.05) is 10.9 Å². The minimum absolute atomic E-state index is 0.0892. The summed E-state index contributed by atoms with van der Waals surface area (Å²) in [5.41, 5.74) is 1.45. The number of hydrogen-bond acceptors (Lipinski definition) is 4. The maximum atomic E-state index is 10.8. The summed E-state index contributed by atoms with van der Waals surface area (Å²) in [5, 5.41) is 10.6. The van der Waals surface area contributed by atoms with E-state index in [2.05, 4.69) is 4.98 Å². The molecule has 0 aliphatic heterocycles. The summed E-state index contributed by atoms with van der Waals surface area (Å²) in [4.78, 5) is 14.8. The Morgan fingerprint density at radius 2 is 2.24 bits per heavy atom. The summed E-state index contributed by atoms with van der Waals surface area (Å²) < 4.78 is 5.48. The molecular weight excluding hydrogens is 238 g/mol.